The van der Waals surface area contributed by atoms with Crippen LogP contribution in [0.4, 0.5) is 4.39 Å². The summed E-state index contributed by atoms with van der Waals surface area (Å²) in [7, 11) is 0. The van der Waals surface area contributed by atoms with E-state index >= 15 is 0 Å². The number of carbonyl (C=O) groups is 1. The highest BCUT2D eigenvalue weighted by Crippen LogP contribution is 2.20. The van der Waals surface area contributed by atoms with E-state index in [0.717, 1.165) is 6.07 Å². The van der Waals surface area contributed by atoms with Crippen LogP contribution in [0.15, 0.2) is 18.2 Å². The molecule has 15 heavy (non-hydrogen) atoms. The van der Waals surface area contributed by atoms with Crippen LogP contribution in [0, 0.1) is 5.82 Å². The Kier molecular flexibility index (Phi) is 3.76. The van der Waals surface area contributed by atoms with Crippen LogP contribution in [0.3, 0.4) is 0 Å². The highest BCUT2D eigenvalue weighted by molar-refractivity contribution is 5.76. The zero-order valence-electron chi connectivity index (χ0n) is 7.98. The highest BCUT2D eigenvalue weighted by atomic mass is 19.1. The van der Waals surface area contributed by atoms with E-state index < -0.39 is 17.7 Å². The summed E-state index contributed by atoms with van der Waals surface area (Å²) in [5.41, 5.74) is 5.73. The van der Waals surface area contributed by atoms with Gasteiger partial charge in [0.2, 0.25) is 0 Å². The van der Waals surface area contributed by atoms with Gasteiger partial charge in [0.15, 0.2) is 0 Å². The molecule has 1 aromatic carbocycles. The van der Waals surface area contributed by atoms with E-state index in [1.54, 1.807) is 0 Å². The van der Waals surface area contributed by atoms with Crippen LogP contribution >= 0.6 is 0 Å². The molecular formula is C10H12FNO3. The molecule has 0 radical (unpaired) electrons. The molecule has 0 saturated carbocycles. The molecule has 0 bridgehead atoms. The number of halogens is 1. The van der Waals surface area contributed by atoms with Crippen molar-refractivity contribution in [2.24, 2.45) is 5.73 Å². The molecule has 4 nitrogen and oxygen atoms in total. The van der Waals surface area contributed by atoms with Gasteiger partial charge in [-0.25, -0.2) is 4.39 Å². The number of carboxylic acid groups (broad SMARTS) is 1. The minimum atomic E-state index is -1.17. The van der Waals surface area contributed by atoms with Gasteiger partial charge in [0.1, 0.15) is 5.82 Å². The molecule has 0 aliphatic heterocycles. The van der Waals surface area contributed by atoms with Crippen LogP contribution in [0.5, 0.6) is 0 Å². The van der Waals surface area contributed by atoms with E-state index in [0.29, 0.717) is 5.56 Å². The molecule has 0 spiro atoms. The lowest BCUT2D eigenvalue weighted by Gasteiger charge is -2.12. The molecule has 1 aromatic rings. The Bertz CT molecular complexity index is 368. The van der Waals surface area contributed by atoms with E-state index in [4.69, 9.17) is 15.9 Å². The van der Waals surface area contributed by atoms with Crippen molar-refractivity contribution < 1.29 is 19.4 Å². The molecule has 1 rings (SSSR count). The minimum Gasteiger partial charge on any atom is -0.481 e. The monoisotopic (exact) mass is 213 g/mol. The summed E-state index contributed by atoms with van der Waals surface area (Å²) in [6.45, 7) is -0.439. The lowest BCUT2D eigenvalue weighted by Crippen LogP contribution is -2.22. The SMILES string of the molecule is NCC(C(=O)O)c1cc(CO)ccc1F. The number of hydrogen-bond donors (Lipinski definition) is 3. The number of carboxylic acids is 1. The van der Waals surface area contributed by atoms with Crippen molar-refractivity contribution in [2.45, 2.75) is 12.5 Å². The van der Waals surface area contributed by atoms with Crippen LogP contribution in [0.2, 0.25) is 0 Å². The average Bonchev–Trinajstić information content (AvgIpc) is 2.21. The maximum atomic E-state index is 13.3. The van der Waals surface area contributed by atoms with Gasteiger partial charge in [-0.1, -0.05) is 6.07 Å². The van der Waals surface area contributed by atoms with Crippen molar-refractivity contribution in [2.75, 3.05) is 6.54 Å². The second kappa shape index (κ2) is 4.86. The Balaban J connectivity index is 3.15. The molecule has 1 unspecified atom stereocenters. The van der Waals surface area contributed by atoms with E-state index in [1.807, 2.05) is 0 Å². The molecule has 0 heterocycles. The van der Waals surface area contributed by atoms with Crippen molar-refractivity contribution in [3.63, 3.8) is 0 Å². The molecule has 0 aliphatic carbocycles. The fourth-order valence-electron chi connectivity index (χ4n) is 1.32. The third kappa shape index (κ3) is 2.51. The summed E-state index contributed by atoms with van der Waals surface area (Å²) in [6.07, 6.45) is 0. The van der Waals surface area contributed by atoms with Gasteiger partial charge in [-0.15, -0.1) is 0 Å². The fraction of sp³-hybridized carbons (Fsp3) is 0.300. The molecule has 0 aliphatic rings. The third-order valence-corrected chi connectivity index (χ3v) is 2.15. The predicted octanol–water partition coefficient (Wildman–Crippen LogP) is 0.445. The number of nitrogens with two attached hydrogens (primary N) is 1. The summed E-state index contributed by atoms with van der Waals surface area (Å²) in [5, 5.41) is 17.7. The van der Waals surface area contributed by atoms with Gasteiger partial charge >= 0.3 is 5.97 Å². The van der Waals surface area contributed by atoms with Crippen LogP contribution in [-0.2, 0) is 11.4 Å². The summed E-state index contributed by atoms with van der Waals surface area (Å²) in [4.78, 5) is 10.8. The first kappa shape index (κ1) is 11.6. The van der Waals surface area contributed by atoms with Crippen molar-refractivity contribution in [1.29, 1.82) is 0 Å². The Morgan fingerprint density at radius 3 is 2.67 bits per heavy atom. The molecule has 4 N–H and O–H groups in total. The van der Waals surface area contributed by atoms with Gasteiger partial charge in [-0.05, 0) is 17.7 Å². The van der Waals surface area contributed by atoms with Crippen molar-refractivity contribution in [3.8, 4) is 0 Å². The first-order valence-corrected chi connectivity index (χ1v) is 4.42. The Labute approximate surface area is 86.1 Å². The smallest absolute Gasteiger partial charge is 0.312 e. The number of rotatable bonds is 4. The lowest BCUT2D eigenvalue weighted by molar-refractivity contribution is -0.138. The second-order valence-electron chi connectivity index (χ2n) is 3.14. The number of aliphatic hydroxyl groups excluding tert-OH is 1. The summed E-state index contributed by atoms with van der Waals surface area (Å²) in [5.74, 6) is -2.87. The Hall–Kier alpha value is -1.46. The van der Waals surface area contributed by atoms with Gasteiger partial charge in [0.05, 0.1) is 12.5 Å². The van der Waals surface area contributed by atoms with E-state index in [9.17, 15) is 9.18 Å². The molecule has 0 aromatic heterocycles. The Morgan fingerprint density at radius 2 is 2.20 bits per heavy atom. The third-order valence-electron chi connectivity index (χ3n) is 2.15. The number of aliphatic hydroxyl groups is 1. The summed E-state index contributed by atoms with van der Waals surface area (Å²) < 4.78 is 13.3. The average molecular weight is 213 g/mol. The largest absolute Gasteiger partial charge is 0.481 e. The number of hydrogen-bond acceptors (Lipinski definition) is 3. The lowest BCUT2D eigenvalue weighted by atomic mass is 9.97. The molecule has 82 valence electrons. The van der Waals surface area contributed by atoms with Gasteiger partial charge in [-0.3, -0.25) is 4.79 Å². The molecule has 0 saturated heterocycles. The molecule has 1 atom stereocenters. The maximum Gasteiger partial charge on any atom is 0.312 e. The van der Waals surface area contributed by atoms with Crippen molar-refractivity contribution in [3.05, 3.63) is 35.1 Å². The molecular weight excluding hydrogens is 201 g/mol. The normalized spacial score (nSPS) is 12.5. The van der Waals surface area contributed by atoms with Gasteiger partial charge in [0.25, 0.3) is 0 Å². The first-order chi connectivity index (χ1) is 7.10. The predicted molar refractivity (Wildman–Crippen MR) is 51.8 cm³/mol. The second-order valence-corrected chi connectivity index (χ2v) is 3.14. The summed E-state index contributed by atoms with van der Waals surface area (Å²) >= 11 is 0. The first-order valence-electron chi connectivity index (χ1n) is 4.42. The van der Waals surface area contributed by atoms with Gasteiger partial charge < -0.3 is 15.9 Å². The molecule has 5 heteroatoms. The van der Waals surface area contributed by atoms with Gasteiger partial charge in [0, 0.05) is 12.1 Å². The van der Waals surface area contributed by atoms with Crippen molar-refractivity contribution in [1.82, 2.24) is 0 Å². The molecule has 0 amide bonds. The zero-order valence-corrected chi connectivity index (χ0v) is 7.98. The zero-order chi connectivity index (χ0) is 11.4. The quantitative estimate of drug-likeness (QED) is 0.677. The Morgan fingerprint density at radius 1 is 1.53 bits per heavy atom. The van der Waals surface area contributed by atoms with Crippen molar-refractivity contribution >= 4 is 5.97 Å². The van der Waals surface area contributed by atoms with E-state index in [-0.39, 0.29) is 18.7 Å². The van der Waals surface area contributed by atoms with Crippen LogP contribution < -0.4 is 5.73 Å². The number of benzene rings is 1. The van der Waals surface area contributed by atoms with Crippen LogP contribution in [0.25, 0.3) is 0 Å². The van der Waals surface area contributed by atoms with E-state index in [2.05, 4.69) is 0 Å². The summed E-state index contributed by atoms with van der Waals surface area (Å²) in [6, 6.07) is 3.85. The minimum absolute atomic E-state index is 0.0107. The van der Waals surface area contributed by atoms with Gasteiger partial charge in [-0.2, -0.15) is 0 Å². The van der Waals surface area contributed by atoms with E-state index in [1.165, 1.54) is 12.1 Å². The highest BCUT2D eigenvalue weighted by Gasteiger charge is 2.21. The number of aliphatic carboxylic acids is 1. The standard InChI is InChI=1S/C10H12FNO3/c11-9-2-1-6(5-13)3-7(9)8(4-12)10(14)15/h1-3,8,13H,4-5,12H2,(H,14,15). The molecule has 0 fully saturated rings. The topological polar surface area (TPSA) is 83.6 Å². The van der Waals surface area contributed by atoms with Crippen LogP contribution in [-0.4, -0.2) is 22.7 Å². The maximum absolute atomic E-state index is 13.3. The van der Waals surface area contributed by atoms with Crippen LogP contribution in [0.1, 0.15) is 17.0 Å². The fourth-order valence-corrected chi connectivity index (χ4v) is 1.32.